The summed E-state index contributed by atoms with van der Waals surface area (Å²) in [6.07, 6.45) is 0. The van der Waals surface area contributed by atoms with E-state index in [2.05, 4.69) is 25.3 Å². The molecule has 2 aromatic carbocycles. The summed E-state index contributed by atoms with van der Waals surface area (Å²) in [6.45, 7) is 4.45. The number of hydrogen-bond donors (Lipinski definition) is 2. The van der Waals surface area contributed by atoms with Gasteiger partial charge >= 0.3 is 0 Å². The maximum absolute atomic E-state index is 11.4. The zero-order valence-corrected chi connectivity index (χ0v) is 18.4. The lowest BCUT2D eigenvalue weighted by molar-refractivity contribution is 0.605. The lowest BCUT2D eigenvalue weighted by Crippen LogP contribution is -2.06. The van der Waals surface area contributed by atoms with Gasteiger partial charge in [0, 0.05) is 31.2 Å². The Morgan fingerprint density at radius 1 is 0.720 bits per heavy atom. The fraction of sp³-hybridized carbons (Fsp3) is 0.200. The molecule has 0 saturated carbocycles. The number of aryl methyl sites for hydroxylation is 2. The van der Waals surface area contributed by atoms with E-state index in [1.807, 2.05) is 24.3 Å². The standard InChI is InChI=1S/C9H10Cl2O4S2.C6H6S2/c1-5-4-6(2)9(17(11,14)15)7(3)8(5)16(10,12)13;7-5-1-2-6(8)4-3-5/h4H,1-3H3;1-4,7-8H. The van der Waals surface area contributed by atoms with Gasteiger partial charge in [-0.2, -0.15) is 0 Å². The van der Waals surface area contributed by atoms with Gasteiger partial charge in [0.25, 0.3) is 18.1 Å². The topological polar surface area (TPSA) is 68.3 Å². The second-order valence-corrected chi connectivity index (χ2v) is 11.2. The Labute approximate surface area is 168 Å². The predicted molar refractivity (Wildman–Crippen MR) is 108 cm³/mol. The zero-order valence-electron chi connectivity index (χ0n) is 13.5. The van der Waals surface area contributed by atoms with Gasteiger partial charge in [0.1, 0.15) is 0 Å². The van der Waals surface area contributed by atoms with Crippen molar-refractivity contribution in [3.05, 3.63) is 47.0 Å². The minimum absolute atomic E-state index is 0.0486. The third kappa shape index (κ3) is 6.37. The molecule has 0 aliphatic carbocycles. The van der Waals surface area contributed by atoms with Crippen molar-refractivity contribution in [3.8, 4) is 0 Å². The Morgan fingerprint density at radius 3 is 1.24 bits per heavy atom. The van der Waals surface area contributed by atoms with E-state index in [0.29, 0.717) is 11.1 Å². The third-order valence-corrected chi connectivity index (χ3v) is 6.92. The summed E-state index contributed by atoms with van der Waals surface area (Å²) in [6, 6.07) is 9.06. The minimum Gasteiger partial charge on any atom is -0.207 e. The Morgan fingerprint density at radius 2 is 1.00 bits per heavy atom. The van der Waals surface area contributed by atoms with Crippen LogP contribution in [-0.4, -0.2) is 16.8 Å². The maximum Gasteiger partial charge on any atom is 0.261 e. The van der Waals surface area contributed by atoms with Crippen LogP contribution in [0, 0.1) is 20.8 Å². The summed E-state index contributed by atoms with van der Waals surface area (Å²) < 4.78 is 45.6. The minimum atomic E-state index is -4.01. The first-order valence-electron chi connectivity index (χ1n) is 6.73. The molecule has 25 heavy (non-hydrogen) atoms. The first kappa shape index (κ1) is 22.7. The molecule has 0 saturated heterocycles. The molecular formula is C15H16Cl2O4S4. The molecule has 4 nitrogen and oxygen atoms in total. The molecule has 0 aromatic heterocycles. The quantitative estimate of drug-likeness (QED) is 0.503. The average molecular weight is 459 g/mol. The molecule has 0 aliphatic heterocycles. The second kappa shape index (κ2) is 8.54. The second-order valence-electron chi connectivity index (χ2n) is 5.19. The van der Waals surface area contributed by atoms with Crippen molar-refractivity contribution in [1.82, 2.24) is 0 Å². The van der Waals surface area contributed by atoms with Crippen LogP contribution in [0.4, 0.5) is 0 Å². The van der Waals surface area contributed by atoms with Gasteiger partial charge in [-0.1, -0.05) is 6.07 Å². The van der Waals surface area contributed by atoms with Crippen LogP contribution in [0.25, 0.3) is 0 Å². The maximum atomic E-state index is 11.4. The van der Waals surface area contributed by atoms with E-state index >= 15 is 0 Å². The van der Waals surface area contributed by atoms with Crippen molar-refractivity contribution in [2.45, 2.75) is 40.4 Å². The number of hydrogen-bond acceptors (Lipinski definition) is 6. The molecule has 0 bridgehead atoms. The summed E-state index contributed by atoms with van der Waals surface area (Å²) >= 11 is 8.20. The molecule has 2 aromatic rings. The lowest BCUT2D eigenvalue weighted by Gasteiger charge is -2.12. The van der Waals surface area contributed by atoms with Crippen molar-refractivity contribution in [2.24, 2.45) is 0 Å². The molecule has 0 atom stereocenters. The van der Waals surface area contributed by atoms with Crippen molar-refractivity contribution in [2.75, 3.05) is 0 Å². The van der Waals surface area contributed by atoms with Crippen LogP contribution in [0.3, 0.4) is 0 Å². The van der Waals surface area contributed by atoms with E-state index in [1.54, 1.807) is 13.8 Å². The van der Waals surface area contributed by atoms with Gasteiger partial charge in [-0.15, -0.1) is 25.3 Å². The number of thiol groups is 2. The fourth-order valence-corrected chi connectivity index (χ4v) is 5.96. The van der Waals surface area contributed by atoms with Gasteiger partial charge in [0.15, 0.2) is 0 Å². The highest BCUT2D eigenvalue weighted by Gasteiger charge is 2.25. The Balaban J connectivity index is 0.000000324. The SMILES string of the molecule is Cc1cc(C)c(S(=O)(=O)Cl)c(C)c1S(=O)(=O)Cl.Sc1ccc(S)cc1. The monoisotopic (exact) mass is 458 g/mol. The molecule has 0 amide bonds. The number of benzene rings is 2. The van der Waals surface area contributed by atoms with Crippen LogP contribution in [0.15, 0.2) is 49.9 Å². The van der Waals surface area contributed by atoms with Gasteiger partial charge in [-0.3, -0.25) is 0 Å². The van der Waals surface area contributed by atoms with Crippen LogP contribution in [0.5, 0.6) is 0 Å². The molecule has 0 spiro atoms. The highest BCUT2D eigenvalue weighted by molar-refractivity contribution is 8.14. The Bertz CT molecular complexity index is 906. The van der Waals surface area contributed by atoms with Crippen LogP contribution >= 0.6 is 46.6 Å². The molecular weight excluding hydrogens is 443 g/mol. The van der Waals surface area contributed by atoms with Crippen molar-refractivity contribution in [1.29, 1.82) is 0 Å². The van der Waals surface area contributed by atoms with E-state index in [4.69, 9.17) is 21.4 Å². The summed E-state index contributed by atoms with van der Waals surface area (Å²) in [4.78, 5) is 1.54. The molecule has 0 radical (unpaired) electrons. The summed E-state index contributed by atoms with van der Waals surface area (Å²) in [5, 5.41) is 0. The highest BCUT2D eigenvalue weighted by Crippen LogP contribution is 2.33. The molecule has 0 heterocycles. The first-order valence-corrected chi connectivity index (χ1v) is 12.2. The average Bonchev–Trinajstić information content (AvgIpc) is 2.38. The molecule has 138 valence electrons. The van der Waals surface area contributed by atoms with E-state index < -0.39 is 18.1 Å². The van der Waals surface area contributed by atoms with Crippen molar-refractivity contribution < 1.29 is 16.8 Å². The lowest BCUT2D eigenvalue weighted by atomic mass is 10.1. The van der Waals surface area contributed by atoms with Crippen LogP contribution in [0.2, 0.25) is 0 Å². The van der Waals surface area contributed by atoms with E-state index in [9.17, 15) is 16.8 Å². The van der Waals surface area contributed by atoms with Crippen LogP contribution in [-0.2, 0) is 18.1 Å². The van der Waals surface area contributed by atoms with Gasteiger partial charge in [-0.25, -0.2) is 16.8 Å². The van der Waals surface area contributed by atoms with Crippen LogP contribution in [0.1, 0.15) is 16.7 Å². The molecule has 10 heteroatoms. The van der Waals surface area contributed by atoms with Gasteiger partial charge in [-0.05, 0) is 61.7 Å². The summed E-state index contributed by atoms with van der Waals surface area (Å²) in [5.74, 6) is 0. The van der Waals surface area contributed by atoms with Gasteiger partial charge in [0.2, 0.25) is 0 Å². The summed E-state index contributed by atoms with van der Waals surface area (Å²) in [7, 11) is 2.53. The largest absolute Gasteiger partial charge is 0.261 e. The van der Waals surface area contributed by atoms with Gasteiger partial charge in [0.05, 0.1) is 9.79 Å². The van der Waals surface area contributed by atoms with E-state index in [-0.39, 0.29) is 15.4 Å². The van der Waals surface area contributed by atoms with Crippen molar-refractivity contribution >= 4 is 64.7 Å². The van der Waals surface area contributed by atoms with Gasteiger partial charge < -0.3 is 0 Å². The number of halogens is 2. The molecule has 0 unspecified atom stereocenters. The molecule has 0 fully saturated rings. The third-order valence-electron chi connectivity index (χ3n) is 3.17. The molecule has 2 rings (SSSR count). The van der Waals surface area contributed by atoms with E-state index in [1.165, 1.54) is 13.0 Å². The first-order chi connectivity index (χ1) is 11.2. The molecule has 0 N–H and O–H groups in total. The normalized spacial score (nSPS) is 11.6. The fourth-order valence-electron chi connectivity index (χ4n) is 2.35. The van der Waals surface area contributed by atoms with Crippen molar-refractivity contribution in [3.63, 3.8) is 0 Å². The summed E-state index contributed by atoms with van der Waals surface area (Å²) in [5.41, 5.74) is 0.825. The highest BCUT2D eigenvalue weighted by atomic mass is 35.7. The smallest absolute Gasteiger partial charge is 0.207 e. The van der Waals surface area contributed by atoms with E-state index in [0.717, 1.165) is 9.79 Å². The zero-order chi connectivity index (χ0) is 19.6. The Hall–Kier alpha value is -0.380. The number of rotatable bonds is 2. The Kier molecular flexibility index (Phi) is 7.74. The predicted octanol–water partition coefficient (Wildman–Crippen LogP) is 4.73. The van der Waals surface area contributed by atoms with Crippen LogP contribution < -0.4 is 0 Å². The molecule has 0 aliphatic rings.